The van der Waals surface area contributed by atoms with Crippen LogP contribution in [0.1, 0.15) is 29.2 Å². The number of hydrogen-bond donors (Lipinski definition) is 2. The van der Waals surface area contributed by atoms with Crippen LogP contribution in [0.3, 0.4) is 0 Å². The first-order valence-corrected chi connectivity index (χ1v) is 14.3. The van der Waals surface area contributed by atoms with Gasteiger partial charge in [-0.05, 0) is 60.2 Å². The number of benzene rings is 5. The normalized spacial score (nSPS) is 13.4. The SMILES string of the molecule is CC(N)(/C=C\C=C/Cc1cccc(C(=Nc2ccccc2N)c2ccccc2)c1)Cc1ccc(-c2ccccc2)cc1. The molecule has 3 nitrogen and oxygen atoms in total. The molecule has 0 saturated carbocycles. The zero-order valence-electron chi connectivity index (χ0n) is 24.0. The van der Waals surface area contributed by atoms with Gasteiger partial charge < -0.3 is 11.5 Å². The highest BCUT2D eigenvalue weighted by Gasteiger charge is 2.15. The molecule has 42 heavy (non-hydrogen) atoms. The smallest absolute Gasteiger partial charge is 0.0866 e. The predicted molar refractivity (Wildman–Crippen MR) is 179 cm³/mol. The van der Waals surface area contributed by atoms with E-state index < -0.39 is 5.54 Å². The van der Waals surface area contributed by atoms with Crippen LogP contribution in [0.15, 0.2) is 163 Å². The fraction of sp³-hybridized carbons (Fsp3) is 0.103. The molecule has 5 aromatic carbocycles. The molecule has 0 fully saturated rings. The van der Waals surface area contributed by atoms with Crippen molar-refractivity contribution in [3.05, 3.63) is 180 Å². The Morgan fingerprint density at radius 1 is 0.667 bits per heavy atom. The average Bonchev–Trinajstić information content (AvgIpc) is 3.02. The first-order valence-electron chi connectivity index (χ1n) is 14.3. The molecule has 0 heterocycles. The van der Waals surface area contributed by atoms with Gasteiger partial charge in [0.05, 0.1) is 17.1 Å². The summed E-state index contributed by atoms with van der Waals surface area (Å²) in [5.74, 6) is 0. The first-order chi connectivity index (χ1) is 20.5. The van der Waals surface area contributed by atoms with Crippen molar-refractivity contribution in [2.24, 2.45) is 10.7 Å². The van der Waals surface area contributed by atoms with Crippen molar-refractivity contribution < 1.29 is 0 Å². The van der Waals surface area contributed by atoms with Crippen LogP contribution in [-0.2, 0) is 12.8 Å². The first kappa shape index (κ1) is 28.5. The van der Waals surface area contributed by atoms with Gasteiger partial charge in [-0.25, -0.2) is 4.99 Å². The number of para-hydroxylation sites is 2. The fourth-order valence-electron chi connectivity index (χ4n) is 4.95. The van der Waals surface area contributed by atoms with Crippen molar-refractivity contribution in [2.45, 2.75) is 25.3 Å². The van der Waals surface area contributed by atoms with E-state index in [9.17, 15) is 0 Å². The number of rotatable bonds is 10. The largest absolute Gasteiger partial charge is 0.397 e. The zero-order valence-corrected chi connectivity index (χ0v) is 24.0. The molecule has 1 unspecified atom stereocenters. The molecule has 4 N–H and O–H groups in total. The summed E-state index contributed by atoms with van der Waals surface area (Å²) in [6, 6.07) is 45.6. The number of anilines is 1. The highest BCUT2D eigenvalue weighted by molar-refractivity contribution is 6.14. The molecule has 3 heteroatoms. The molecular formula is C39H37N3. The number of nitrogen functional groups attached to an aromatic ring is 1. The molecule has 5 aromatic rings. The molecule has 0 radical (unpaired) electrons. The highest BCUT2D eigenvalue weighted by atomic mass is 14.8. The molecule has 0 saturated heterocycles. The van der Waals surface area contributed by atoms with Gasteiger partial charge in [-0.1, -0.05) is 140 Å². The number of nitrogens with zero attached hydrogens (tertiary/aromatic N) is 1. The van der Waals surface area contributed by atoms with Gasteiger partial charge in [0.15, 0.2) is 0 Å². The third-order valence-corrected chi connectivity index (χ3v) is 7.14. The van der Waals surface area contributed by atoms with E-state index in [0.29, 0.717) is 5.69 Å². The molecule has 0 aliphatic heterocycles. The lowest BCUT2D eigenvalue weighted by Gasteiger charge is -2.20. The molecule has 1 atom stereocenters. The molecule has 0 aromatic heterocycles. The van der Waals surface area contributed by atoms with Gasteiger partial charge in [-0.3, -0.25) is 0 Å². The van der Waals surface area contributed by atoms with Crippen LogP contribution < -0.4 is 11.5 Å². The summed E-state index contributed by atoms with van der Waals surface area (Å²) >= 11 is 0. The summed E-state index contributed by atoms with van der Waals surface area (Å²) in [5.41, 5.74) is 21.7. The van der Waals surface area contributed by atoms with Gasteiger partial charge >= 0.3 is 0 Å². The number of aliphatic imine (C=N–C) groups is 1. The van der Waals surface area contributed by atoms with Crippen LogP contribution >= 0.6 is 0 Å². The van der Waals surface area contributed by atoms with Crippen LogP contribution in [0.2, 0.25) is 0 Å². The number of nitrogens with two attached hydrogens (primary N) is 2. The van der Waals surface area contributed by atoms with Crippen LogP contribution in [0.4, 0.5) is 11.4 Å². The number of allylic oxidation sites excluding steroid dienone is 3. The molecule has 0 spiro atoms. The standard InChI is InChI=1S/C39H37N3/c1-39(41,29-31-23-25-33(26-24-31)32-16-6-2-7-17-32)27-12-4-5-14-30-15-13-20-35(28-30)38(34-18-8-3-9-19-34)42-37-22-11-10-21-36(37)40/h2-13,15-28H,14,29,40-41H2,1H3/b5-4-,27-12-,42-38?. The summed E-state index contributed by atoms with van der Waals surface area (Å²) in [6.07, 6.45) is 9.94. The van der Waals surface area contributed by atoms with E-state index in [4.69, 9.17) is 16.5 Å². The zero-order chi connectivity index (χ0) is 29.2. The minimum atomic E-state index is -0.446. The minimum absolute atomic E-state index is 0.446. The quantitative estimate of drug-likeness (QED) is 0.104. The molecule has 0 amide bonds. The molecule has 208 valence electrons. The van der Waals surface area contributed by atoms with E-state index in [1.165, 1.54) is 22.3 Å². The average molecular weight is 548 g/mol. The lowest BCUT2D eigenvalue weighted by molar-refractivity contribution is 0.582. The second-order valence-corrected chi connectivity index (χ2v) is 10.8. The van der Waals surface area contributed by atoms with E-state index >= 15 is 0 Å². The Morgan fingerprint density at radius 3 is 2.05 bits per heavy atom. The van der Waals surface area contributed by atoms with Crippen molar-refractivity contribution >= 4 is 17.1 Å². The van der Waals surface area contributed by atoms with Crippen molar-refractivity contribution in [3.8, 4) is 11.1 Å². The fourth-order valence-corrected chi connectivity index (χ4v) is 4.95. The van der Waals surface area contributed by atoms with E-state index in [-0.39, 0.29) is 0 Å². The Labute approximate surface area is 249 Å². The molecular weight excluding hydrogens is 510 g/mol. The summed E-state index contributed by atoms with van der Waals surface area (Å²) < 4.78 is 0. The second-order valence-electron chi connectivity index (χ2n) is 10.8. The van der Waals surface area contributed by atoms with Crippen LogP contribution in [0, 0.1) is 0 Å². The Kier molecular flexibility index (Phi) is 9.23. The van der Waals surface area contributed by atoms with E-state index in [2.05, 4.69) is 116 Å². The van der Waals surface area contributed by atoms with E-state index in [1.54, 1.807) is 0 Å². The van der Waals surface area contributed by atoms with E-state index in [0.717, 1.165) is 35.4 Å². The maximum Gasteiger partial charge on any atom is 0.0866 e. The third kappa shape index (κ3) is 7.81. The Bertz CT molecular complexity index is 1680. The third-order valence-electron chi connectivity index (χ3n) is 7.14. The second kappa shape index (κ2) is 13.6. The molecule has 0 aliphatic rings. The maximum absolute atomic E-state index is 6.63. The van der Waals surface area contributed by atoms with Crippen LogP contribution in [0.25, 0.3) is 11.1 Å². The molecule has 0 aliphatic carbocycles. The predicted octanol–water partition coefficient (Wildman–Crippen LogP) is 8.72. The van der Waals surface area contributed by atoms with Crippen LogP contribution in [-0.4, -0.2) is 11.3 Å². The maximum atomic E-state index is 6.63. The van der Waals surface area contributed by atoms with Gasteiger partial charge in [0, 0.05) is 16.7 Å². The van der Waals surface area contributed by atoms with Crippen molar-refractivity contribution in [1.82, 2.24) is 0 Å². The summed E-state index contributed by atoms with van der Waals surface area (Å²) in [7, 11) is 0. The van der Waals surface area contributed by atoms with Crippen molar-refractivity contribution in [1.29, 1.82) is 0 Å². The van der Waals surface area contributed by atoms with Gasteiger partial charge in [0.1, 0.15) is 0 Å². The van der Waals surface area contributed by atoms with Gasteiger partial charge in [0.25, 0.3) is 0 Å². The summed E-state index contributed by atoms with van der Waals surface area (Å²) in [5, 5.41) is 0. The van der Waals surface area contributed by atoms with Gasteiger partial charge in [-0.15, -0.1) is 0 Å². The van der Waals surface area contributed by atoms with E-state index in [1.807, 2.05) is 48.5 Å². The Balaban J connectivity index is 1.24. The molecule has 5 rings (SSSR count). The lowest BCUT2D eigenvalue weighted by Crippen LogP contribution is -2.36. The molecule has 0 bridgehead atoms. The van der Waals surface area contributed by atoms with Crippen molar-refractivity contribution in [2.75, 3.05) is 5.73 Å². The summed E-state index contributed by atoms with van der Waals surface area (Å²) in [4.78, 5) is 4.98. The number of hydrogen-bond acceptors (Lipinski definition) is 3. The summed E-state index contributed by atoms with van der Waals surface area (Å²) in [6.45, 7) is 2.07. The Morgan fingerprint density at radius 2 is 1.31 bits per heavy atom. The van der Waals surface area contributed by atoms with Crippen LogP contribution in [0.5, 0.6) is 0 Å². The minimum Gasteiger partial charge on any atom is -0.397 e. The lowest BCUT2D eigenvalue weighted by atomic mass is 9.92. The highest BCUT2D eigenvalue weighted by Crippen LogP contribution is 2.25. The van der Waals surface area contributed by atoms with Gasteiger partial charge in [0.2, 0.25) is 0 Å². The Hall–Kier alpha value is -4.99. The monoisotopic (exact) mass is 547 g/mol. The van der Waals surface area contributed by atoms with Crippen molar-refractivity contribution in [3.63, 3.8) is 0 Å². The van der Waals surface area contributed by atoms with Gasteiger partial charge in [-0.2, -0.15) is 0 Å². The topological polar surface area (TPSA) is 64.4 Å².